The van der Waals surface area contributed by atoms with E-state index in [1.807, 2.05) is 36.6 Å². The van der Waals surface area contributed by atoms with Crippen molar-refractivity contribution < 1.29 is 9.90 Å². The summed E-state index contributed by atoms with van der Waals surface area (Å²) in [6, 6.07) is 0. The van der Waals surface area contributed by atoms with Gasteiger partial charge in [0.1, 0.15) is 0 Å². The fraction of sp³-hybridized carbons (Fsp3) is 0.600. The molecular weight excluding hydrogens is 254 g/mol. The molecule has 1 aliphatic rings. The first kappa shape index (κ1) is 14.8. The molecule has 0 bridgehead atoms. The van der Waals surface area contributed by atoms with Gasteiger partial charge in [0.15, 0.2) is 0 Å². The molecule has 1 unspecified atom stereocenters. The molecule has 1 saturated heterocycles. The summed E-state index contributed by atoms with van der Waals surface area (Å²) in [4.78, 5) is 14.0. The van der Waals surface area contributed by atoms with E-state index in [1.165, 1.54) is 0 Å². The van der Waals surface area contributed by atoms with Crippen LogP contribution < -0.4 is 0 Å². The second-order valence-corrected chi connectivity index (χ2v) is 5.52. The summed E-state index contributed by atoms with van der Waals surface area (Å²) in [7, 11) is 1.90. The van der Waals surface area contributed by atoms with Crippen molar-refractivity contribution in [3.8, 4) is 0 Å². The standard InChI is InChI=1S/C15H23N3O2/c1-11-14(12(2)17(3)16-11)6-7-15(20)18-8-4-5-13(9-18)10-19/h6-7,13,19H,4-5,8-10H2,1-3H3/b7-6+. The van der Waals surface area contributed by atoms with Crippen LogP contribution in [0.15, 0.2) is 6.08 Å². The van der Waals surface area contributed by atoms with Gasteiger partial charge in [0.05, 0.1) is 5.69 Å². The number of aryl methyl sites for hydroxylation is 2. The molecule has 1 aromatic rings. The molecule has 2 heterocycles. The van der Waals surface area contributed by atoms with Gasteiger partial charge < -0.3 is 10.0 Å². The number of hydrogen-bond donors (Lipinski definition) is 1. The minimum Gasteiger partial charge on any atom is -0.396 e. The Balaban J connectivity index is 2.05. The van der Waals surface area contributed by atoms with E-state index in [0.29, 0.717) is 6.54 Å². The number of nitrogens with zero attached hydrogens (tertiary/aromatic N) is 3. The summed E-state index contributed by atoms with van der Waals surface area (Å²) in [5.74, 6) is 0.244. The Kier molecular flexibility index (Phi) is 4.60. The smallest absolute Gasteiger partial charge is 0.246 e. The Hall–Kier alpha value is -1.62. The molecule has 5 nitrogen and oxygen atoms in total. The number of rotatable bonds is 3. The average Bonchev–Trinajstić information content (AvgIpc) is 2.70. The highest BCUT2D eigenvalue weighted by molar-refractivity contribution is 5.92. The second-order valence-electron chi connectivity index (χ2n) is 5.52. The molecule has 1 N–H and O–H groups in total. The molecule has 0 aliphatic carbocycles. The van der Waals surface area contributed by atoms with Crippen molar-refractivity contribution in [1.29, 1.82) is 0 Å². The molecule has 0 radical (unpaired) electrons. The summed E-state index contributed by atoms with van der Waals surface area (Å²) in [5.41, 5.74) is 3.00. The highest BCUT2D eigenvalue weighted by Gasteiger charge is 2.21. The molecule has 1 aromatic heterocycles. The van der Waals surface area contributed by atoms with E-state index in [4.69, 9.17) is 0 Å². The molecule has 0 spiro atoms. The summed E-state index contributed by atoms with van der Waals surface area (Å²) in [6.45, 7) is 5.54. The summed E-state index contributed by atoms with van der Waals surface area (Å²) in [5, 5.41) is 13.5. The number of aliphatic hydroxyl groups is 1. The van der Waals surface area contributed by atoms with Crippen LogP contribution in [0.25, 0.3) is 6.08 Å². The number of aliphatic hydroxyl groups excluding tert-OH is 1. The van der Waals surface area contributed by atoms with E-state index in [0.717, 1.165) is 36.3 Å². The van der Waals surface area contributed by atoms with Crippen LogP contribution in [0, 0.1) is 19.8 Å². The van der Waals surface area contributed by atoms with Gasteiger partial charge in [-0.15, -0.1) is 0 Å². The minimum absolute atomic E-state index is 0.0193. The molecule has 0 saturated carbocycles. The number of carbonyl (C=O) groups excluding carboxylic acids is 1. The van der Waals surface area contributed by atoms with Crippen LogP contribution in [0.5, 0.6) is 0 Å². The molecule has 2 rings (SSSR count). The van der Waals surface area contributed by atoms with E-state index in [1.54, 1.807) is 6.08 Å². The third-order valence-electron chi connectivity index (χ3n) is 4.05. The molecule has 0 aromatic carbocycles. The maximum Gasteiger partial charge on any atom is 0.246 e. The van der Waals surface area contributed by atoms with Gasteiger partial charge >= 0.3 is 0 Å². The average molecular weight is 277 g/mol. The SMILES string of the molecule is Cc1nn(C)c(C)c1/C=C/C(=O)N1CCCC(CO)C1. The van der Waals surface area contributed by atoms with Crippen molar-refractivity contribution in [2.75, 3.05) is 19.7 Å². The number of aromatic nitrogens is 2. The highest BCUT2D eigenvalue weighted by atomic mass is 16.3. The molecular formula is C15H23N3O2. The van der Waals surface area contributed by atoms with Crippen LogP contribution in [-0.2, 0) is 11.8 Å². The molecule has 110 valence electrons. The van der Waals surface area contributed by atoms with E-state index >= 15 is 0 Å². The molecule has 1 amide bonds. The normalized spacial score (nSPS) is 19.8. The first-order valence-electron chi connectivity index (χ1n) is 7.11. The number of hydrogen-bond acceptors (Lipinski definition) is 3. The Morgan fingerprint density at radius 2 is 2.25 bits per heavy atom. The first-order valence-corrected chi connectivity index (χ1v) is 7.11. The van der Waals surface area contributed by atoms with Gasteiger partial charge in [0.2, 0.25) is 5.91 Å². The highest BCUT2D eigenvalue weighted by Crippen LogP contribution is 2.17. The topological polar surface area (TPSA) is 58.4 Å². The maximum atomic E-state index is 12.2. The van der Waals surface area contributed by atoms with Crippen LogP contribution in [0.3, 0.4) is 0 Å². The van der Waals surface area contributed by atoms with Crippen molar-refractivity contribution in [3.05, 3.63) is 23.0 Å². The number of amides is 1. The molecule has 1 atom stereocenters. The van der Waals surface area contributed by atoms with Gasteiger partial charge in [-0.1, -0.05) is 0 Å². The Labute approximate surface area is 119 Å². The number of carbonyl (C=O) groups is 1. The molecule has 1 aliphatic heterocycles. The fourth-order valence-corrected chi connectivity index (χ4v) is 2.71. The molecule has 5 heteroatoms. The van der Waals surface area contributed by atoms with E-state index in [2.05, 4.69) is 5.10 Å². The van der Waals surface area contributed by atoms with E-state index in [-0.39, 0.29) is 18.4 Å². The maximum absolute atomic E-state index is 12.2. The second kappa shape index (κ2) is 6.22. The van der Waals surface area contributed by atoms with Crippen LogP contribution >= 0.6 is 0 Å². The van der Waals surface area contributed by atoms with Gasteiger partial charge in [0, 0.05) is 44.1 Å². The Bertz CT molecular complexity index is 519. The first-order chi connectivity index (χ1) is 9.52. The van der Waals surface area contributed by atoms with Crippen LogP contribution in [0.4, 0.5) is 0 Å². The van der Waals surface area contributed by atoms with Gasteiger partial charge in [-0.2, -0.15) is 5.10 Å². The lowest BCUT2D eigenvalue weighted by Gasteiger charge is -2.31. The van der Waals surface area contributed by atoms with Crippen molar-refractivity contribution in [2.24, 2.45) is 13.0 Å². The molecule has 20 heavy (non-hydrogen) atoms. The summed E-state index contributed by atoms with van der Waals surface area (Å²) >= 11 is 0. The number of likely N-dealkylation sites (tertiary alicyclic amines) is 1. The lowest BCUT2D eigenvalue weighted by atomic mass is 9.99. The zero-order chi connectivity index (χ0) is 14.7. The van der Waals surface area contributed by atoms with Crippen molar-refractivity contribution in [2.45, 2.75) is 26.7 Å². The Morgan fingerprint density at radius 1 is 1.50 bits per heavy atom. The van der Waals surface area contributed by atoms with Crippen molar-refractivity contribution in [1.82, 2.24) is 14.7 Å². The monoisotopic (exact) mass is 277 g/mol. The predicted molar refractivity (Wildman–Crippen MR) is 78.1 cm³/mol. The van der Waals surface area contributed by atoms with E-state index < -0.39 is 0 Å². The fourth-order valence-electron chi connectivity index (χ4n) is 2.71. The van der Waals surface area contributed by atoms with Gasteiger partial charge in [0.25, 0.3) is 0 Å². The zero-order valence-corrected chi connectivity index (χ0v) is 12.5. The molecule has 1 fully saturated rings. The largest absolute Gasteiger partial charge is 0.396 e. The lowest BCUT2D eigenvalue weighted by molar-refractivity contribution is -0.127. The lowest BCUT2D eigenvalue weighted by Crippen LogP contribution is -2.40. The predicted octanol–water partition coefficient (Wildman–Crippen LogP) is 1.28. The van der Waals surface area contributed by atoms with Crippen LogP contribution in [0.1, 0.15) is 29.8 Å². The summed E-state index contributed by atoms with van der Waals surface area (Å²) in [6.07, 6.45) is 5.44. The van der Waals surface area contributed by atoms with Gasteiger partial charge in [-0.3, -0.25) is 9.48 Å². The van der Waals surface area contributed by atoms with Crippen molar-refractivity contribution in [3.63, 3.8) is 0 Å². The zero-order valence-electron chi connectivity index (χ0n) is 12.5. The minimum atomic E-state index is 0.0193. The van der Waals surface area contributed by atoms with Gasteiger partial charge in [-0.25, -0.2) is 0 Å². The quantitative estimate of drug-likeness (QED) is 0.847. The third kappa shape index (κ3) is 3.10. The number of piperidine rings is 1. The van der Waals surface area contributed by atoms with Crippen LogP contribution in [0.2, 0.25) is 0 Å². The van der Waals surface area contributed by atoms with Crippen molar-refractivity contribution >= 4 is 12.0 Å². The van der Waals surface area contributed by atoms with E-state index in [9.17, 15) is 9.90 Å². The van der Waals surface area contributed by atoms with Crippen LogP contribution in [-0.4, -0.2) is 45.4 Å². The summed E-state index contributed by atoms with van der Waals surface area (Å²) < 4.78 is 1.82. The Morgan fingerprint density at radius 3 is 2.85 bits per heavy atom. The van der Waals surface area contributed by atoms with Gasteiger partial charge in [-0.05, 0) is 38.7 Å². The third-order valence-corrected chi connectivity index (χ3v) is 4.05.